The van der Waals surface area contributed by atoms with Gasteiger partial charge < -0.3 is 14.8 Å². The SMILES string of the molecule is CCC1OCCC1CNCc1ccc(OC)c(C#N)c1. The molecular formula is C16H22N2O2. The summed E-state index contributed by atoms with van der Waals surface area (Å²) in [6.45, 7) is 4.79. The highest BCUT2D eigenvalue weighted by Gasteiger charge is 2.25. The van der Waals surface area contributed by atoms with Gasteiger partial charge in [0.05, 0.1) is 18.8 Å². The fourth-order valence-electron chi connectivity index (χ4n) is 2.73. The second-order valence-corrected chi connectivity index (χ2v) is 5.14. The van der Waals surface area contributed by atoms with Gasteiger partial charge in [-0.25, -0.2) is 0 Å². The lowest BCUT2D eigenvalue weighted by molar-refractivity contribution is 0.0872. The number of nitrogens with zero attached hydrogens (tertiary/aromatic N) is 1. The van der Waals surface area contributed by atoms with Crippen molar-refractivity contribution in [1.29, 1.82) is 5.26 Å². The van der Waals surface area contributed by atoms with Crippen LogP contribution in [0.1, 0.15) is 30.9 Å². The van der Waals surface area contributed by atoms with Crippen molar-refractivity contribution in [3.05, 3.63) is 29.3 Å². The van der Waals surface area contributed by atoms with Crippen LogP contribution in [-0.2, 0) is 11.3 Å². The van der Waals surface area contributed by atoms with Crippen LogP contribution in [0.2, 0.25) is 0 Å². The molecule has 108 valence electrons. The van der Waals surface area contributed by atoms with E-state index in [0.717, 1.165) is 38.1 Å². The molecule has 0 aromatic heterocycles. The molecule has 1 fully saturated rings. The highest BCUT2D eigenvalue weighted by molar-refractivity contribution is 5.45. The molecule has 2 atom stereocenters. The third kappa shape index (κ3) is 3.50. The highest BCUT2D eigenvalue weighted by atomic mass is 16.5. The number of rotatable bonds is 6. The summed E-state index contributed by atoms with van der Waals surface area (Å²) in [5, 5.41) is 12.5. The number of hydrogen-bond donors (Lipinski definition) is 1. The van der Waals surface area contributed by atoms with E-state index in [1.807, 2.05) is 18.2 Å². The molecule has 1 aliphatic rings. The molecule has 1 N–H and O–H groups in total. The summed E-state index contributed by atoms with van der Waals surface area (Å²) in [7, 11) is 1.58. The molecule has 1 heterocycles. The maximum atomic E-state index is 9.07. The fraction of sp³-hybridized carbons (Fsp3) is 0.562. The Morgan fingerprint density at radius 3 is 3.05 bits per heavy atom. The topological polar surface area (TPSA) is 54.3 Å². The van der Waals surface area contributed by atoms with Crippen LogP contribution in [0.15, 0.2) is 18.2 Å². The molecule has 4 nitrogen and oxygen atoms in total. The minimum atomic E-state index is 0.396. The van der Waals surface area contributed by atoms with Crippen molar-refractivity contribution < 1.29 is 9.47 Å². The van der Waals surface area contributed by atoms with Gasteiger partial charge in [0.25, 0.3) is 0 Å². The third-order valence-corrected chi connectivity index (χ3v) is 3.87. The molecule has 0 spiro atoms. The van der Waals surface area contributed by atoms with Crippen LogP contribution >= 0.6 is 0 Å². The van der Waals surface area contributed by atoms with E-state index in [-0.39, 0.29) is 0 Å². The summed E-state index contributed by atoms with van der Waals surface area (Å²) in [5.74, 6) is 1.24. The normalized spacial score (nSPS) is 21.6. The van der Waals surface area contributed by atoms with E-state index in [2.05, 4.69) is 18.3 Å². The Kier molecular flexibility index (Phi) is 5.40. The van der Waals surface area contributed by atoms with Crippen LogP contribution in [0.4, 0.5) is 0 Å². The van der Waals surface area contributed by atoms with Gasteiger partial charge in [-0.3, -0.25) is 0 Å². The van der Waals surface area contributed by atoms with Gasteiger partial charge in [-0.05, 0) is 36.5 Å². The first-order valence-electron chi connectivity index (χ1n) is 7.17. The number of nitriles is 1. The molecule has 4 heteroatoms. The first kappa shape index (κ1) is 14.8. The van der Waals surface area contributed by atoms with Crippen molar-refractivity contribution in [3.63, 3.8) is 0 Å². The van der Waals surface area contributed by atoms with Crippen molar-refractivity contribution in [1.82, 2.24) is 5.32 Å². The van der Waals surface area contributed by atoms with Crippen LogP contribution < -0.4 is 10.1 Å². The Labute approximate surface area is 120 Å². The minimum absolute atomic E-state index is 0.396. The van der Waals surface area contributed by atoms with Crippen LogP contribution in [-0.4, -0.2) is 26.4 Å². The summed E-state index contributed by atoms with van der Waals surface area (Å²) in [6, 6.07) is 7.89. The Balaban J connectivity index is 1.87. The quantitative estimate of drug-likeness (QED) is 0.866. The Morgan fingerprint density at radius 1 is 1.50 bits per heavy atom. The Hall–Kier alpha value is -1.57. The summed E-state index contributed by atoms with van der Waals surface area (Å²) >= 11 is 0. The zero-order valence-corrected chi connectivity index (χ0v) is 12.2. The smallest absolute Gasteiger partial charge is 0.136 e. The van der Waals surface area contributed by atoms with Crippen LogP contribution in [0, 0.1) is 17.2 Å². The van der Waals surface area contributed by atoms with Crippen molar-refractivity contribution in [2.45, 2.75) is 32.4 Å². The zero-order chi connectivity index (χ0) is 14.4. The predicted octanol–water partition coefficient (Wildman–Crippen LogP) is 2.47. The number of benzene rings is 1. The summed E-state index contributed by atoms with van der Waals surface area (Å²) in [4.78, 5) is 0. The van der Waals surface area contributed by atoms with E-state index in [1.165, 1.54) is 0 Å². The molecule has 0 amide bonds. The molecule has 20 heavy (non-hydrogen) atoms. The molecular weight excluding hydrogens is 252 g/mol. The number of ether oxygens (including phenoxy) is 2. The van der Waals surface area contributed by atoms with Gasteiger partial charge in [0.1, 0.15) is 11.8 Å². The number of methoxy groups -OCH3 is 1. The highest BCUT2D eigenvalue weighted by Crippen LogP contribution is 2.23. The number of hydrogen-bond acceptors (Lipinski definition) is 4. The maximum absolute atomic E-state index is 9.07. The van der Waals surface area contributed by atoms with E-state index in [4.69, 9.17) is 14.7 Å². The van der Waals surface area contributed by atoms with E-state index < -0.39 is 0 Å². The zero-order valence-electron chi connectivity index (χ0n) is 12.2. The average molecular weight is 274 g/mol. The van der Waals surface area contributed by atoms with Gasteiger partial charge in [-0.2, -0.15) is 5.26 Å². The van der Waals surface area contributed by atoms with Crippen LogP contribution in [0.3, 0.4) is 0 Å². The van der Waals surface area contributed by atoms with Crippen LogP contribution in [0.5, 0.6) is 5.75 Å². The van der Waals surface area contributed by atoms with Crippen LogP contribution in [0.25, 0.3) is 0 Å². The van der Waals surface area contributed by atoms with Gasteiger partial charge in [0.15, 0.2) is 0 Å². The number of nitrogens with one attached hydrogen (secondary N) is 1. The molecule has 1 aromatic carbocycles. The van der Waals surface area contributed by atoms with Gasteiger partial charge in [-0.1, -0.05) is 13.0 Å². The van der Waals surface area contributed by atoms with E-state index in [9.17, 15) is 0 Å². The molecule has 2 unspecified atom stereocenters. The Bertz CT molecular complexity index is 482. The van der Waals surface area contributed by atoms with Gasteiger partial charge in [0, 0.05) is 19.7 Å². The molecule has 0 aliphatic carbocycles. The lowest BCUT2D eigenvalue weighted by Gasteiger charge is -2.17. The first-order chi connectivity index (χ1) is 9.78. The van der Waals surface area contributed by atoms with E-state index >= 15 is 0 Å². The third-order valence-electron chi connectivity index (χ3n) is 3.87. The van der Waals surface area contributed by atoms with Crippen molar-refractivity contribution >= 4 is 0 Å². The summed E-state index contributed by atoms with van der Waals surface area (Å²) in [5.41, 5.74) is 1.69. The molecule has 0 saturated carbocycles. The summed E-state index contributed by atoms with van der Waals surface area (Å²) < 4.78 is 10.8. The van der Waals surface area contributed by atoms with E-state index in [0.29, 0.717) is 23.3 Å². The maximum Gasteiger partial charge on any atom is 0.136 e. The lowest BCUT2D eigenvalue weighted by Crippen LogP contribution is -2.27. The largest absolute Gasteiger partial charge is 0.495 e. The standard InChI is InChI=1S/C16H22N2O2/c1-3-15-13(6-7-20-15)11-18-10-12-4-5-16(19-2)14(8-12)9-17/h4-5,8,13,15,18H,3,6-7,10-11H2,1-2H3. The fourth-order valence-corrected chi connectivity index (χ4v) is 2.73. The van der Waals surface area contributed by atoms with Crippen molar-refractivity contribution in [2.75, 3.05) is 20.3 Å². The lowest BCUT2D eigenvalue weighted by atomic mass is 9.99. The summed E-state index contributed by atoms with van der Waals surface area (Å²) in [6.07, 6.45) is 2.61. The van der Waals surface area contributed by atoms with E-state index in [1.54, 1.807) is 7.11 Å². The molecule has 0 radical (unpaired) electrons. The molecule has 2 rings (SSSR count). The molecule has 1 aromatic rings. The second-order valence-electron chi connectivity index (χ2n) is 5.14. The van der Waals surface area contributed by atoms with Crippen molar-refractivity contribution in [3.8, 4) is 11.8 Å². The second kappa shape index (κ2) is 7.28. The van der Waals surface area contributed by atoms with Gasteiger partial charge in [-0.15, -0.1) is 0 Å². The Morgan fingerprint density at radius 2 is 2.35 bits per heavy atom. The molecule has 1 aliphatic heterocycles. The van der Waals surface area contributed by atoms with Gasteiger partial charge >= 0.3 is 0 Å². The first-order valence-corrected chi connectivity index (χ1v) is 7.17. The van der Waals surface area contributed by atoms with Gasteiger partial charge in [0.2, 0.25) is 0 Å². The average Bonchev–Trinajstić information content (AvgIpc) is 2.94. The van der Waals surface area contributed by atoms with Crippen molar-refractivity contribution in [2.24, 2.45) is 5.92 Å². The monoisotopic (exact) mass is 274 g/mol. The minimum Gasteiger partial charge on any atom is -0.495 e. The molecule has 1 saturated heterocycles. The predicted molar refractivity (Wildman–Crippen MR) is 77.6 cm³/mol. The molecule has 0 bridgehead atoms.